The summed E-state index contributed by atoms with van der Waals surface area (Å²) in [4.78, 5) is 26.9. The van der Waals surface area contributed by atoms with Crippen molar-refractivity contribution in [3.8, 4) is 0 Å². The fourth-order valence-electron chi connectivity index (χ4n) is 4.48. The molecule has 1 unspecified atom stereocenters. The molecule has 1 atom stereocenters. The van der Waals surface area contributed by atoms with Gasteiger partial charge in [-0.15, -0.1) is 0 Å². The van der Waals surface area contributed by atoms with Gasteiger partial charge in [-0.05, 0) is 51.9 Å². The highest BCUT2D eigenvalue weighted by atomic mass is 16.2. The number of nitrogens with one attached hydrogen (secondary N) is 2. The van der Waals surface area contributed by atoms with E-state index < -0.39 is 0 Å². The molecule has 1 aliphatic carbocycles. The Hall–Kier alpha value is -2.64. The molecule has 2 aromatic rings. The van der Waals surface area contributed by atoms with Gasteiger partial charge in [0.25, 0.3) is 0 Å². The van der Waals surface area contributed by atoms with Gasteiger partial charge in [0.05, 0.1) is 5.69 Å². The largest absolute Gasteiger partial charge is 0.341 e. The number of aromatic amines is 1. The Morgan fingerprint density at radius 1 is 1.27 bits per heavy atom. The molecule has 2 aliphatic rings. The van der Waals surface area contributed by atoms with Crippen LogP contribution in [0.3, 0.4) is 0 Å². The van der Waals surface area contributed by atoms with Gasteiger partial charge in [-0.25, -0.2) is 4.98 Å². The van der Waals surface area contributed by atoms with Gasteiger partial charge >= 0.3 is 0 Å². The number of H-pyrrole nitrogens is 1. The fraction of sp³-hybridized carbons (Fsp3) is 0.636. The van der Waals surface area contributed by atoms with Crippen molar-refractivity contribution >= 4 is 23.5 Å². The lowest BCUT2D eigenvalue weighted by Gasteiger charge is -2.29. The van der Waals surface area contributed by atoms with Crippen LogP contribution in [0.5, 0.6) is 0 Å². The van der Waals surface area contributed by atoms with Gasteiger partial charge in [-0.1, -0.05) is 13.8 Å². The zero-order valence-corrected chi connectivity index (χ0v) is 18.5. The summed E-state index contributed by atoms with van der Waals surface area (Å²) in [5, 5.41) is 10.9. The summed E-state index contributed by atoms with van der Waals surface area (Å²) in [6.45, 7) is 10.6. The zero-order chi connectivity index (χ0) is 21.3. The second-order valence-corrected chi connectivity index (χ2v) is 8.50. The molecule has 0 saturated carbocycles. The lowest BCUT2D eigenvalue weighted by atomic mass is 10.1. The van der Waals surface area contributed by atoms with Crippen LogP contribution < -0.4 is 10.2 Å². The van der Waals surface area contributed by atoms with Crippen molar-refractivity contribution in [2.75, 3.05) is 29.9 Å². The van der Waals surface area contributed by atoms with Crippen LogP contribution in [0, 0.1) is 0 Å². The van der Waals surface area contributed by atoms with Gasteiger partial charge in [0.1, 0.15) is 11.9 Å². The molecular formula is C22H33N7O. The Labute approximate surface area is 178 Å². The molecule has 4 rings (SSSR count). The van der Waals surface area contributed by atoms with Gasteiger partial charge < -0.3 is 15.1 Å². The summed E-state index contributed by atoms with van der Waals surface area (Å²) in [6.07, 6.45) is 4.86. The minimum atomic E-state index is -0.171. The predicted octanol–water partition coefficient (Wildman–Crippen LogP) is 3.39. The van der Waals surface area contributed by atoms with Gasteiger partial charge in [0.15, 0.2) is 5.82 Å². The van der Waals surface area contributed by atoms with Gasteiger partial charge in [0.2, 0.25) is 11.9 Å². The highest BCUT2D eigenvalue weighted by Crippen LogP contribution is 2.33. The van der Waals surface area contributed by atoms with Crippen LogP contribution in [0.2, 0.25) is 0 Å². The number of anilines is 3. The Kier molecular flexibility index (Phi) is 5.92. The quantitative estimate of drug-likeness (QED) is 0.726. The standard InChI is InChI=1S/C22H33N7O/c1-5-28(6-2)21(30)18-11-8-12-29(18)22-23-16-10-7-9-15(16)20(25-22)24-19-13-17(14(3)4)26-27-19/h13-14,18H,5-12H2,1-4H3,(H2,23,24,25,26,27). The number of rotatable bonds is 7. The summed E-state index contributed by atoms with van der Waals surface area (Å²) in [5.41, 5.74) is 3.37. The minimum Gasteiger partial charge on any atom is -0.341 e. The van der Waals surface area contributed by atoms with E-state index in [1.54, 1.807) is 0 Å². The van der Waals surface area contributed by atoms with Crippen molar-refractivity contribution in [3.63, 3.8) is 0 Å². The van der Waals surface area contributed by atoms with E-state index in [4.69, 9.17) is 9.97 Å². The van der Waals surface area contributed by atoms with Gasteiger partial charge in [-0.3, -0.25) is 9.89 Å². The van der Waals surface area contributed by atoms with Crippen LogP contribution >= 0.6 is 0 Å². The second-order valence-electron chi connectivity index (χ2n) is 8.50. The molecule has 0 spiro atoms. The highest BCUT2D eigenvalue weighted by molar-refractivity contribution is 5.85. The summed E-state index contributed by atoms with van der Waals surface area (Å²) in [7, 11) is 0. The van der Waals surface area contributed by atoms with Crippen LogP contribution in [-0.4, -0.2) is 56.6 Å². The first-order chi connectivity index (χ1) is 14.5. The van der Waals surface area contributed by atoms with Crippen molar-refractivity contribution in [2.45, 2.75) is 71.8 Å². The topological polar surface area (TPSA) is 90.0 Å². The molecule has 8 nitrogen and oxygen atoms in total. The first-order valence-electron chi connectivity index (χ1n) is 11.3. The number of carbonyl (C=O) groups is 1. The maximum atomic E-state index is 13.1. The van der Waals surface area contributed by atoms with Crippen LogP contribution in [0.4, 0.5) is 17.6 Å². The molecular weight excluding hydrogens is 378 g/mol. The molecule has 1 aliphatic heterocycles. The number of carbonyl (C=O) groups excluding carboxylic acids is 1. The van der Waals surface area contributed by atoms with Crippen molar-refractivity contribution in [1.82, 2.24) is 25.1 Å². The Morgan fingerprint density at radius 3 is 2.77 bits per heavy atom. The average Bonchev–Trinajstić information content (AvgIpc) is 3.48. The van der Waals surface area contributed by atoms with E-state index in [2.05, 4.69) is 34.3 Å². The minimum absolute atomic E-state index is 0.171. The van der Waals surface area contributed by atoms with E-state index in [9.17, 15) is 4.79 Å². The molecule has 0 bridgehead atoms. The van der Waals surface area contributed by atoms with E-state index >= 15 is 0 Å². The summed E-state index contributed by atoms with van der Waals surface area (Å²) in [6, 6.07) is 1.87. The van der Waals surface area contributed by atoms with Crippen LogP contribution in [0.25, 0.3) is 0 Å². The van der Waals surface area contributed by atoms with Gasteiger partial charge in [-0.2, -0.15) is 10.1 Å². The third-order valence-corrected chi connectivity index (χ3v) is 6.26. The first kappa shape index (κ1) is 20.6. The van der Waals surface area contributed by atoms with E-state index in [-0.39, 0.29) is 11.9 Å². The third-order valence-electron chi connectivity index (χ3n) is 6.26. The van der Waals surface area contributed by atoms with E-state index in [1.807, 2.05) is 24.8 Å². The molecule has 1 fully saturated rings. The molecule has 0 radical (unpaired) electrons. The normalized spacial score (nSPS) is 18.2. The van der Waals surface area contributed by atoms with Crippen molar-refractivity contribution in [2.24, 2.45) is 0 Å². The molecule has 0 aromatic carbocycles. The monoisotopic (exact) mass is 411 g/mol. The number of aromatic nitrogens is 4. The smallest absolute Gasteiger partial charge is 0.245 e. The Bertz CT molecular complexity index is 903. The van der Waals surface area contributed by atoms with Crippen LogP contribution in [0.15, 0.2) is 6.07 Å². The summed E-state index contributed by atoms with van der Waals surface area (Å²) in [5.74, 6) is 2.84. The molecule has 3 heterocycles. The maximum Gasteiger partial charge on any atom is 0.245 e. The molecule has 30 heavy (non-hydrogen) atoms. The molecule has 8 heteroatoms. The number of likely N-dealkylation sites (N-methyl/N-ethyl adjacent to an activating group) is 1. The van der Waals surface area contributed by atoms with Crippen molar-refractivity contribution in [1.29, 1.82) is 0 Å². The number of amides is 1. The van der Waals surface area contributed by atoms with Crippen molar-refractivity contribution < 1.29 is 4.79 Å². The number of nitrogens with zero attached hydrogens (tertiary/aromatic N) is 5. The Balaban J connectivity index is 1.64. The molecule has 1 amide bonds. The molecule has 2 aromatic heterocycles. The zero-order valence-electron chi connectivity index (χ0n) is 18.5. The SMILES string of the molecule is CCN(CC)C(=O)C1CCCN1c1nc2c(c(Nc3cc(C(C)C)[nH]n3)n1)CCC2. The maximum absolute atomic E-state index is 13.1. The summed E-state index contributed by atoms with van der Waals surface area (Å²) < 4.78 is 0. The molecule has 162 valence electrons. The van der Waals surface area contributed by atoms with Crippen LogP contribution in [0.1, 0.15) is 69.8 Å². The van der Waals surface area contributed by atoms with E-state index in [1.165, 1.54) is 5.56 Å². The van der Waals surface area contributed by atoms with Gasteiger partial charge in [0, 0.05) is 37.0 Å². The lowest BCUT2D eigenvalue weighted by Crippen LogP contribution is -2.46. The first-order valence-corrected chi connectivity index (χ1v) is 11.3. The van der Waals surface area contributed by atoms with E-state index in [0.29, 0.717) is 11.9 Å². The highest BCUT2D eigenvalue weighted by Gasteiger charge is 2.35. The third kappa shape index (κ3) is 3.87. The number of hydrogen-bond donors (Lipinski definition) is 2. The fourth-order valence-corrected chi connectivity index (χ4v) is 4.48. The molecule has 1 saturated heterocycles. The number of aryl methyl sites for hydroxylation is 1. The Morgan fingerprint density at radius 2 is 2.07 bits per heavy atom. The lowest BCUT2D eigenvalue weighted by molar-refractivity contribution is -0.132. The predicted molar refractivity (Wildman–Crippen MR) is 118 cm³/mol. The number of hydrogen-bond acceptors (Lipinski definition) is 6. The van der Waals surface area contributed by atoms with E-state index in [0.717, 1.165) is 74.8 Å². The van der Waals surface area contributed by atoms with Crippen molar-refractivity contribution in [3.05, 3.63) is 23.0 Å². The second kappa shape index (κ2) is 8.62. The summed E-state index contributed by atoms with van der Waals surface area (Å²) >= 11 is 0. The average molecular weight is 412 g/mol. The molecule has 2 N–H and O–H groups in total. The number of fused-ring (bicyclic) bond motifs is 1. The van der Waals surface area contributed by atoms with Crippen LogP contribution in [-0.2, 0) is 17.6 Å².